The third kappa shape index (κ3) is 3.93. The van der Waals surface area contributed by atoms with E-state index >= 15 is 0 Å². The number of benzene rings is 1. The minimum absolute atomic E-state index is 0.315. The van der Waals surface area contributed by atoms with E-state index in [2.05, 4.69) is 4.90 Å². The smallest absolute Gasteiger partial charge is 0.370 e. The number of alkyl halides is 3. The molecule has 0 aliphatic carbocycles. The molecule has 0 bridgehead atoms. The largest absolute Gasteiger partial charge is 0.454 e. The molecule has 0 aliphatic heterocycles. The number of carbonyl (C=O) groups excluding carboxylic acids is 1. The molecule has 0 radical (unpaired) electrons. The van der Waals surface area contributed by atoms with E-state index in [-0.39, 0.29) is 5.56 Å². The number of halogens is 3. The van der Waals surface area contributed by atoms with Gasteiger partial charge in [-0.25, -0.2) is 0 Å². The molecule has 0 saturated heterocycles. The third-order valence-electron chi connectivity index (χ3n) is 3.70. The first-order chi connectivity index (χ1) is 10.3. The van der Waals surface area contributed by atoms with Crippen LogP contribution in [0.15, 0.2) is 18.2 Å². The summed E-state index contributed by atoms with van der Waals surface area (Å²) in [5, 5.41) is 0. The Labute approximate surface area is 129 Å². The first-order valence-corrected chi connectivity index (χ1v) is 7.55. The van der Waals surface area contributed by atoms with Crippen LogP contribution in [0.3, 0.4) is 0 Å². The number of hydrogen-bond acceptors (Lipinski definition) is 3. The number of ketones is 1. The van der Waals surface area contributed by atoms with Crippen LogP contribution in [-0.2, 0) is 0 Å². The molecule has 0 unspecified atom stereocenters. The Hall–Kier alpha value is -1.72. The summed E-state index contributed by atoms with van der Waals surface area (Å²) in [6.07, 6.45) is -4.85. The van der Waals surface area contributed by atoms with Crippen LogP contribution in [0.25, 0.3) is 0 Å². The topological polar surface area (TPSA) is 23.6 Å². The standard InChI is InChI=1S/C16H23F3N2O/c1-5-20(6-2)13-10-9-12(15(22)16(17,18)19)11-14(13)21(7-3)8-4/h9-11H,5-8H2,1-4H3. The van der Waals surface area contributed by atoms with E-state index < -0.39 is 12.0 Å². The van der Waals surface area contributed by atoms with Gasteiger partial charge in [0.05, 0.1) is 11.4 Å². The van der Waals surface area contributed by atoms with Gasteiger partial charge < -0.3 is 9.80 Å². The quantitative estimate of drug-likeness (QED) is 0.707. The zero-order valence-corrected chi connectivity index (χ0v) is 13.5. The van der Waals surface area contributed by atoms with E-state index in [4.69, 9.17) is 0 Å². The Balaban J connectivity index is 3.40. The van der Waals surface area contributed by atoms with Gasteiger partial charge >= 0.3 is 6.18 Å². The molecule has 0 atom stereocenters. The second kappa shape index (κ2) is 7.51. The van der Waals surface area contributed by atoms with Crippen molar-refractivity contribution >= 4 is 17.2 Å². The van der Waals surface area contributed by atoms with Gasteiger partial charge in [-0.05, 0) is 45.9 Å². The molecule has 6 heteroatoms. The molecular formula is C16H23F3N2O. The summed E-state index contributed by atoms with van der Waals surface area (Å²) >= 11 is 0. The zero-order chi connectivity index (χ0) is 16.9. The van der Waals surface area contributed by atoms with Crippen LogP contribution in [0.4, 0.5) is 24.5 Å². The first-order valence-electron chi connectivity index (χ1n) is 7.55. The maximum Gasteiger partial charge on any atom is 0.454 e. The van der Waals surface area contributed by atoms with Crippen molar-refractivity contribution in [3.05, 3.63) is 23.8 Å². The van der Waals surface area contributed by atoms with Crippen LogP contribution in [0.5, 0.6) is 0 Å². The zero-order valence-electron chi connectivity index (χ0n) is 13.5. The molecule has 0 aliphatic rings. The van der Waals surface area contributed by atoms with E-state index in [1.807, 2.05) is 32.6 Å². The number of hydrogen-bond donors (Lipinski definition) is 0. The lowest BCUT2D eigenvalue weighted by Gasteiger charge is -2.30. The maximum absolute atomic E-state index is 12.6. The van der Waals surface area contributed by atoms with E-state index in [0.717, 1.165) is 18.8 Å². The normalized spacial score (nSPS) is 11.4. The molecule has 0 heterocycles. The molecule has 124 valence electrons. The molecular weight excluding hydrogens is 293 g/mol. The summed E-state index contributed by atoms with van der Waals surface area (Å²) < 4.78 is 37.9. The molecule has 3 nitrogen and oxygen atoms in total. The molecule has 0 N–H and O–H groups in total. The van der Waals surface area contributed by atoms with Gasteiger partial charge in [0.1, 0.15) is 0 Å². The van der Waals surface area contributed by atoms with Crippen molar-refractivity contribution in [1.29, 1.82) is 0 Å². The lowest BCUT2D eigenvalue weighted by molar-refractivity contribution is -0.0885. The highest BCUT2D eigenvalue weighted by Gasteiger charge is 2.39. The Morgan fingerprint density at radius 1 is 0.909 bits per heavy atom. The van der Waals surface area contributed by atoms with Gasteiger partial charge in [0.25, 0.3) is 5.78 Å². The Morgan fingerprint density at radius 3 is 1.77 bits per heavy atom. The molecule has 0 aromatic heterocycles. The lowest BCUT2D eigenvalue weighted by atomic mass is 10.1. The molecule has 0 spiro atoms. The summed E-state index contributed by atoms with van der Waals surface area (Å²) in [5.74, 6) is -1.80. The van der Waals surface area contributed by atoms with Crippen LogP contribution in [0.2, 0.25) is 0 Å². The average molecular weight is 316 g/mol. The van der Waals surface area contributed by atoms with E-state index in [0.29, 0.717) is 18.8 Å². The molecule has 1 aromatic carbocycles. The fourth-order valence-electron chi connectivity index (χ4n) is 2.48. The Kier molecular flexibility index (Phi) is 6.26. The highest BCUT2D eigenvalue weighted by molar-refractivity contribution is 6.01. The second-order valence-corrected chi connectivity index (χ2v) is 4.87. The third-order valence-corrected chi connectivity index (χ3v) is 3.70. The van der Waals surface area contributed by atoms with E-state index in [1.54, 1.807) is 6.07 Å². The molecule has 0 fully saturated rings. The second-order valence-electron chi connectivity index (χ2n) is 4.87. The van der Waals surface area contributed by atoms with Crippen molar-refractivity contribution < 1.29 is 18.0 Å². The van der Waals surface area contributed by atoms with Crippen molar-refractivity contribution in [3.63, 3.8) is 0 Å². The number of rotatable bonds is 7. The molecule has 22 heavy (non-hydrogen) atoms. The van der Waals surface area contributed by atoms with Gasteiger partial charge in [-0.15, -0.1) is 0 Å². The summed E-state index contributed by atoms with van der Waals surface area (Å²) in [6, 6.07) is 4.23. The van der Waals surface area contributed by atoms with Crippen molar-refractivity contribution in [2.45, 2.75) is 33.9 Å². The maximum atomic E-state index is 12.6. The van der Waals surface area contributed by atoms with Gasteiger partial charge in [-0.1, -0.05) is 0 Å². The monoisotopic (exact) mass is 316 g/mol. The van der Waals surface area contributed by atoms with Crippen LogP contribution < -0.4 is 9.80 Å². The first kappa shape index (κ1) is 18.3. The highest BCUT2D eigenvalue weighted by Crippen LogP contribution is 2.32. The van der Waals surface area contributed by atoms with Crippen LogP contribution in [-0.4, -0.2) is 38.1 Å². The summed E-state index contributed by atoms with van der Waals surface area (Å²) in [4.78, 5) is 15.5. The van der Waals surface area contributed by atoms with Crippen molar-refractivity contribution in [1.82, 2.24) is 0 Å². The van der Waals surface area contributed by atoms with Crippen LogP contribution in [0.1, 0.15) is 38.1 Å². The molecule has 1 aromatic rings. The SMILES string of the molecule is CCN(CC)c1ccc(C(=O)C(F)(F)F)cc1N(CC)CC. The number of anilines is 2. The summed E-state index contributed by atoms with van der Waals surface area (Å²) in [5.41, 5.74) is 1.21. The molecule has 0 amide bonds. The summed E-state index contributed by atoms with van der Waals surface area (Å²) in [7, 11) is 0. The van der Waals surface area contributed by atoms with Gasteiger partial charge in [-0.3, -0.25) is 4.79 Å². The minimum atomic E-state index is -4.85. The highest BCUT2D eigenvalue weighted by atomic mass is 19.4. The van der Waals surface area contributed by atoms with Gasteiger partial charge in [0.15, 0.2) is 0 Å². The number of Topliss-reactive ketones (excluding diaryl/α,β-unsaturated/α-hetero) is 1. The molecule has 1 rings (SSSR count). The fourth-order valence-corrected chi connectivity index (χ4v) is 2.48. The average Bonchev–Trinajstić information content (AvgIpc) is 2.49. The predicted molar refractivity (Wildman–Crippen MR) is 83.9 cm³/mol. The van der Waals surface area contributed by atoms with Crippen LogP contribution >= 0.6 is 0 Å². The van der Waals surface area contributed by atoms with E-state index in [1.165, 1.54) is 12.1 Å². The van der Waals surface area contributed by atoms with Crippen molar-refractivity contribution in [2.75, 3.05) is 36.0 Å². The van der Waals surface area contributed by atoms with Crippen molar-refractivity contribution in [3.8, 4) is 0 Å². The van der Waals surface area contributed by atoms with Gasteiger partial charge in [0.2, 0.25) is 0 Å². The molecule has 0 saturated carbocycles. The Morgan fingerprint density at radius 2 is 1.36 bits per heavy atom. The van der Waals surface area contributed by atoms with Crippen molar-refractivity contribution in [2.24, 2.45) is 0 Å². The predicted octanol–water partition coefficient (Wildman–Crippen LogP) is 4.12. The van der Waals surface area contributed by atoms with Gasteiger partial charge in [-0.2, -0.15) is 13.2 Å². The Bertz CT molecular complexity index is 507. The summed E-state index contributed by atoms with van der Waals surface area (Å²) in [6.45, 7) is 10.7. The minimum Gasteiger partial charge on any atom is -0.370 e. The fraction of sp³-hybridized carbons (Fsp3) is 0.562. The lowest BCUT2D eigenvalue weighted by Crippen LogP contribution is -2.29. The number of carbonyl (C=O) groups is 1. The number of nitrogens with zero attached hydrogens (tertiary/aromatic N) is 2. The van der Waals surface area contributed by atoms with E-state index in [9.17, 15) is 18.0 Å². The van der Waals surface area contributed by atoms with Gasteiger partial charge in [0, 0.05) is 31.7 Å². The van der Waals surface area contributed by atoms with Crippen LogP contribution in [0, 0.1) is 0 Å².